The van der Waals surface area contributed by atoms with Crippen molar-refractivity contribution in [2.45, 2.75) is 192 Å². The highest BCUT2D eigenvalue weighted by atomic mass is 32.2. The van der Waals surface area contributed by atoms with Crippen molar-refractivity contribution in [3.63, 3.8) is 0 Å². The second-order valence-electron chi connectivity index (χ2n) is 20.8. The molecule has 1 saturated heterocycles. The molecule has 1 fully saturated rings. The standard InChI is InChI=1S/C51H86N3O12PS/c1-40-36-47(56)65-44-37-41(29-30-42(40)44)68-35-27-23-19-15-10-9-14-18-22-26-33-62-49(58)45(39-64-67(60,61)63-34-32-54(6,7)8)66-46(55)28-24-20-16-12-11-13-17-21-25-31-52-48(57)43-38-50(2,3)53(59)51(43,4)5/h29-30,36-37,43,45,59H,9-28,31-35,38-39H2,1-8H3,(H-,52,57,60,61). The van der Waals surface area contributed by atoms with Gasteiger partial charge >= 0.3 is 17.6 Å². The number of amides is 1. The number of esters is 2. The zero-order chi connectivity index (χ0) is 50.2. The molecule has 1 aromatic heterocycles. The summed E-state index contributed by atoms with van der Waals surface area (Å²) < 4.78 is 39.1. The molecule has 1 aliphatic heterocycles. The van der Waals surface area contributed by atoms with Crippen molar-refractivity contribution < 1.29 is 56.5 Å². The number of ether oxygens (including phenoxy) is 2. The SMILES string of the molecule is Cc1cc(=O)oc2cc(SCCCCCCCCCCCCOC(=O)C(COP(=O)([O-])OCC[N+](C)(C)C)OC(=O)CCCCCCCCCCCNC(=O)C3CC(C)(C)N(O)C3(C)C)ccc12. The second kappa shape index (κ2) is 30.1. The average Bonchev–Trinajstić information content (AvgIpc) is 3.42. The summed E-state index contributed by atoms with van der Waals surface area (Å²) in [4.78, 5) is 64.0. The number of unbranched alkanes of at least 4 members (excludes halogenated alkanes) is 17. The maximum Gasteiger partial charge on any atom is 0.349 e. The number of hydrogen-bond acceptors (Lipinski definition) is 14. The van der Waals surface area contributed by atoms with Gasteiger partial charge in [0.15, 0.2) is 0 Å². The summed E-state index contributed by atoms with van der Waals surface area (Å²) in [5.41, 5.74) is 0.206. The fraction of sp³-hybridized carbons (Fsp3) is 0.765. The molecule has 0 spiro atoms. The van der Waals surface area contributed by atoms with Gasteiger partial charge in [0, 0.05) is 34.9 Å². The molecule has 3 rings (SSSR count). The van der Waals surface area contributed by atoms with Gasteiger partial charge in [0.25, 0.3) is 7.82 Å². The minimum atomic E-state index is -4.76. The number of nitrogens with zero attached hydrogens (tertiary/aromatic N) is 2. The monoisotopic (exact) mass is 996 g/mol. The fourth-order valence-electron chi connectivity index (χ4n) is 8.60. The number of quaternary nitrogens is 1. The normalized spacial score (nSPS) is 17.2. The summed E-state index contributed by atoms with van der Waals surface area (Å²) in [5, 5.41) is 15.9. The number of aryl methyl sites for hydroxylation is 1. The number of thioether (sulfide) groups is 1. The molecule has 2 N–H and O–H groups in total. The lowest BCUT2D eigenvalue weighted by atomic mass is 9.86. The summed E-state index contributed by atoms with van der Waals surface area (Å²) in [6, 6.07) is 7.59. The van der Waals surface area contributed by atoms with Crippen molar-refractivity contribution in [2.75, 3.05) is 59.8 Å². The number of likely N-dealkylation sites (N-methyl/N-ethyl adjacent to an activating group) is 1. The summed E-state index contributed by atoms with van der Waals surface area (Å²) >= 11 is 1.79. The Morgan fingerprint density at radius 3 is 2.01 bits per heavy atom. The van der Waals surface area contributed by atoms with Crippen LogP contribution in [0.5, 0.6) is 0 Å². The lowest BCUT2D eigenvalue weighted by Gasteiger charge is -2.35. The summed E-state index contributed by atoms with van der Waals surface area (Å²) in [6.07, 6.45) is 18.4. The van der Waals surface area contributed by atoms with Crippen molar-refractivity contribution in [1.29, 1.82) is 0 Å². The van der Waals surface area contributed by atoms with Gasteiger partial charge in [0.05, 0.1) is 39.2 Å². The van der Waals surface area contributed by atoms with E-state index < -0.39 is 43.6 Å². The number of benzene rings is 1. The van der Waals surface area contributed by atoms with E-state index in [0.29, 0.717) is 42.4 Å². The zero-order valence-electron chi connectivity index (χ0n) is 42.7. The lowest BCUT2D eigenvalue weighted by molar-refractivity contribution is -0.870. The van der Waals surface area contributed by atoms with E-state index in [1.165, 1.54) is 36.8 Å². The molecule has 388 valence electrons. The van der Waals surface area contributed by atoms with E-state index in [9.17, 15) is 33.8 Å². The molecule has 1 amide bonds. The zero-order valence-corrected chi connectivity index (χ0v) is 44.5. The van der Waals surface area contributed by atoms with Gasteiger partial charge in [-0.3, -0.25) is 14.2 Å². The third-order valence-electron chi connectivity index (χ3n) is 12.8. The summed E-state index contributed by atoms with van der Waals surface area (Å²) in [7, 11) is 0.933. The van der Waals surface area contributed by atoms with Gasteiger partial charge < -0.3 is 42.8 Å². The van der Waals surface area contributed by atoms with Gasteiger partial charge in [0.2, 0.25) is 12.0 Å². The average molecular weight is 996 g/mol. The van der Waals surface area contributed by atoms with Crippen LogP contribution in [0.2, 0.25) is 0 Å². The molecular weight excluding hydrogens is 910 g/mol. The maximum absolute atomic E-state index is 13.0. The lowest BCUT2D eigenvalue weighted by Crippen LogP contribution is -2.49. The van der Waals surface area contributed by atoms with Crippen molar-refractivity contribution in [3.8, 4) is 0 Å². The molecule has 0 aliphatic carbocycles. The smallest absolute Gasteiger partial charge is 0.349 e. The van der Waals surface area contributed by atoms with Crippen LogP contribution < -0.4 is 15.8 Å². The van der Waals surface area contributed by atoms with Crippen molar-refractivity contribution in [2.24, 2.45) is 5.92 Å². The van der Waals surface area contributed by atoms with E-state index in [4.69, 9.17) is 22.9 Å². The third-order valence-corrected chi connectivity index (χ3v) is 14.8. The van der Waals surface area contributed by atoms with Crippen LogP contribution in [0.1, 0.15) is 168 Å². The topological polar surface area (TPSA) is 194 Å². The summed E-state index contributed by atoms with van der Waals surface area (Å²) in [5.74, 6) is -0.697. The molecule has 0 radical (unpaired) electrons. The van der Waals surface area contributed by atoms with Crippen LogP contribution in [0.15, 0.2) is 38.4 Å². The number of hydrogen-bond donors (Lipinski definition) is 2. The van der Waals surface area contributed by atoms with Crippen LogP contribution in [0, 0.1) is 12.8 Å². The van der Waals surface area contributed by atoms with E-state index in [0.717, 1.165) is 105 Å². The molecule has 1 aliphatic rings. The Kier molecular flexibility index (Phi) is 26.4. The first-order valence-electron chi connectivity index (χ1n) is 25.3. The van der Waals surface area contributed by atoms with Gasteiger partial charge in [-0.05, 0) is 96.2 Å². The van der Waals surface area contributed by atoms with Gasteiger partial charge in [-0.2, -0.15) is 5.06 Å². The first-order chi connectivity index (χ1) is 32.1. The van der Waals surface area contributed by atoms with E-state index >= 15 is 0 Å². The number of nitrogens with one attached hydrogen (secondary N) is 1. The Morgan fingerprint density at radius 1 is 0.853 bits per heavy atom. The number of phosphoric acid groups is 1. The molecule has 1 aromatic carbocycles. The molecule has 15 nitrogen and oxygen atoms in total. The molecule has 2 aromatic rings. The highest BCUT2D eigenvalue weighted by Gasteiger charge is 2.54. The molecule has 68 heavy (non-hydrogen) atoms. The van der Waals surface area contributed by atoms with Crippen molar-refractivity contribution in [1.82, 2.24) is 10.4 Å². The van der Waals surface area contributed by atoms with Crippen LogP contribution >= 0.6 is 19.6 Å². The number of carbonyl (C=O) groups is 3. The van der Waals surface area contributed by atoms with E-state index in [1.54, 1.807) is 11.8 Å². The first kappa shape index (κ1) is 59.5. The van der Waals surface area contributed by atoms with Gasteiger partial charge in [0.1, 0.15) is 25.3 Å². The van der Waals surface area contributed by atoms with Crippen LogP contribution in [0.3, 0.4) is 0 Å². The molecule has 3 unspecified atom stereocenters. The predicted molar refractivity (Wildman–Crippen MR) is 266 cm³/mol. The maximum atomic E-state index is 13.0. The molecule has 0 bridgehead atoms. The van der Waals surface area contributed by atoms with E-state index in [2.05, 4.69) is 11.4 Å². The Balaban J connectivity index is 1.23. The number of fused-ring (bicyclic) bond motifs is 1. The van der Waals surface area contributed by atoms with Crippen LogP contribution in [0.4, 0.5) is 0 Å². The van der Waals surface area contributed by atoms with Gasteiger partial charge in [-0.25, -0.2) is 9.59 Å². The van der Waals surface area contributed by atoms with Crippen molar-refractivity contribution in [3.05, 3.63) is 40.2 Å². The minimum Gasteiger partial charge on any atom is -0.756 e. The number of phosphoric ester groups is 1. The van der Waals surface area contributed by atoms with Gasteiger partial charge in [-0.1, -0.05) is 96.3 Å². The Morgan fingerprint density at radius 2 is 1.43 bits per heavy atom. The quantitative estimate of drug-likeness (QED) is 0.0164. The Bertz CT molecular complexity index is 1940. The van der Waals surface area contributed by atoms with E-state index in [-0.39, 0.29) is 37.1 Å². The molecule has 0 saturated carbocycles. The molecule has 17 heteroatoms. The van der Waals surface area contributed by atoms with Crippen LogP contribution in [-0.4, -0.2) is 110 Å². The fourth-order valence-corrected chi connectivity index (χ4v) is 10.2. The second-order valence-corrected chi connectivity index (χ2v) is 23.4. The predicted octanol–water partition coefficient (Wildman–Crippen LogP) is 10.0. The van der Waals surface area contributed by atoms with Crippen LogP contribution in [-0.2, 0) is 37.5 Å². The molecule has 3 atom stereocenters. The third kappa shape index (κ3) is 22.9. The van der Waals surface area contributed by atoms with E-state index in [1.807, 2.05) is 67.9 Å². The summed E-state index contributed by atoms with van der Waals surface area (Å²) in [6.45, 7) is 9.99. The number of carbonyl (C=O) groups excluding carboxylic acids is 3. The highest BCUT2D eigenvalue weighted by Crippen LogP contribution is 2.43. The minimum absolute atomic E-state index is 0.000553. The van der Waals surface area contributed by atoms with Crippen molar-refractivity contribution >= 4 is 48.4 Å². The first-order valence-corrected chi connectivity index (χ1v) is 27.8. The Hall–Kier alpha value is -2.82. The molecule has 2 heterocycles. The number of rotatable bonds is 36. The highest BCUT2D eigenvalue weighted by molar-refractivity contribution is 7.99. The largest absolute Gasteiger partial charge is 0.756 e. The Labute approximate surface area is 411 Å². The van der Waals surface area contributed by atoms with Gasteiger partial charge in [-0.15, -0.1) is 11.8 Å². The van der Waals surface area contributed by atoms with Crippen LogP contribution in [0.25, 0.3) is 11.0 Å². The molecular formula is C51H86N3O12PS. The number of hydroxylamine groups is 2.